The molecule has 3 N–H and O–H groups in total. The predicted molar refractivity (Wildman–Crippen MR) is 72.7 cm³/mol. The van der Waals surface area contributed by atoms with Crippen LogP contribution in [0.1, 0.15) is 40.5 Å². The number of amides is 1. The van der Waals surface area contributed by atoms with Gasteiger partial charge in [-0.05, 0) is 23.8 Å². The van der Waals surface area contributed by atoms with Gasteiger partial charge >= 0.3 is 0 Å². The number of thioether (sulfide) groups is 1. The number of rotatable bonds is 9. The summed E-state index contributed by atoms with van der Waals surface area (Å²) in [4.78, 5) is 11.2. The lowest BCUT2D eigenvalue weighted by molar-refractivity contribution is -0.120. The maximum Gasteiger partial charge on any atom is 0.234 e. The van der Waals surface area contributed by atoms with Crippen molar-refractivity contribution in [2.45, 2.75) is 52.6 Å². The fourth-order valence-corrected chi connectivity index (χ4v) is 2.52. The molecule has 0 aromatic heterocycles. The first-order chi connectivity index (χ1) is 7.47. The van der Waals surface area contributed by atoms with Gasteiger partial charge in [-0.2, -0.15) is 11.8 Å². The highest BCUT2D eigenvalue weighted by molar-refractivity contribution is 7.99. The van der Waals surface area contributed by atoms with Crippen LogP contribution in [0.3, 0.4) is 0 Å². The van der Waals surface area contributed by atoms with Crippen LogP contribution in [-0.4, -0.2) is 29.5 Å². The maximum absolute atomic E-state index is 11.2. The maximum atomic E-state index is 11.2. The van der Waals surface area contributed by atoms with Crippen molar-refractivity contribution in [1.82, 2.24) is 5.32 Å². The molecule has 0 rings (SSSR count). The van der Waals surface area contributed by atoms with Crippen LogP contribution in [0.2, 0.25) is 0 Å². The Morgan fingerprint density at radius 2 is 2.00 bits per heavy atom. The van der Waals surface area contributed by atoms with E-state index >= 15 is 0 Å². The highest BCUT2D eigenvalue weighted by Crippen LogP contribution is 2.13. The SMILES string of the molecule is CCC(C)CSCCC(NC(C)C)C(N)=O. The van der Waals surface area contributed by atoms with E-state index in [9.17, 15) is 4.79 Å². The van der Waals surface area contributed by atoms with E-state index in [1.807, 2.05) is 25.6 Å². The first-order valence-electron chi connectivity index (χ1n) is 6.10. The van der Waals surface area contributed by atoms with Gasteiger partial charge in [0.15, 0.2) is 0 Å². The minimum Gasteiger partial charge on any atom is -0.368 e. The molecule has 0 aliphatic carbocycles. The Labute approximate surface area is 104 Å². The number of nitrogens with one attached hydrogen (secondary N) is 1. The Hall–Kier alpha value is -0.220. The fraction of sp³-hybridized carbons (Fsp3) is 0.917. The molecule has 0 aromatic rings. The van der Waals surface area contributed by atoms with Gasteiger partial charge in [-0.15, -0.1) is 0 Å². The fourth-order valence-electron chi connectivity index (χ4n) is 1.31. The predicted octanol–water partition coefficient (Wildman–Crippen LogP) is 2.01. The van der Waals surface area contributed by atoms with Crippen LogP contribution in [0.15, 0.2) is 0 Å². The second-order valence-corrected chi connectivity index (χ2v) is 5.80. The summed E-state index contributed by atoms with van der Waals surface area (Å²) >= 11 is 1.91. The quantitative estimate of drug-likeness (QED) is 0.612. The number of hydrogen-bond acceptors (Lipinski definition) is 3. The first-order valence-corrected chi connectivity index (χ1v) is 7.25. The Kier molecular flexibility index (Phi) is 8.76. The molecule has 0 saturated carbocycles. The third-order valence-electron chi connectivity index (χ3n) is 2.53. The van der Waals surface area contributed by atoms with Crippen molar-refractivity contribution in [3.8, 4) is 0 Å². The minimum atomic E-state index is -0.238. The minimum absolute atomic E-state index is 0.176. The van der Waals surface area contributed by atoms with Crippen LogP contribution in [0.4, 0.5) is 0 Å². The molecule has 0 aliphatic rings. The van der Waals surface area contributed by atoms with Crippen molar-refractivity contribution >= 4 is 17.7 Å². The van der Waals surface area contributed by atoms with Crippen molar-refractivity contribution in [2.24, 2.45) is 11.7 Å². The van der Waals surface area contributed by atoms with Gasteiger partial charge in [0.2, 0.25) is 5.91 Å². The summed E-state index contributed by atoms with van der Waals surface area (Å²) in [7, 11) is 0. The molecule has 2 unspecified atom stereocenters. The topological polar surface area (TPSA) is 55.1 Å². The number of carbonyl (C=O) groups excluding carboxylic acids is 1. The van der Waals surface area contributed by atoms with E-state index in [0.29, 0.717) is 6.04 Å². The van der Waals surface area contributed by atoms with Crippen LogP contribution < -0.4 is 11.1 Å². The number of carbonyl (C=O) groups is 1. The van der Waals surface area contributed by atoms with Crippen molar-refractivity contribution in [3.63, 3.8) is 0 Å². The molecule has 0 radical (unpaired) electrons. The van der Waals surface area contributed by atoms with E-state index in [2.05, 4.69) is 19.2 Å². The van der Waals surface area contributed by atoms with E-state index in [1.54, 1.807) is 0 Å². The molecule has 3 nitrogen and oxygen atoms in total. The van der Waals surface area contributed by atoms with E-state index in [4.69, 9.17) is 5.73 Å². The summed E-state index contributed by atoms with van der Waals surface area (Å²) < 4.78 is 0. The molecule has 1 amide bonds. The Bertz CT molecular complexity index is 197. The lowest BCUT2D eigenvalue weighted by Crippen LogP contribution is -2.44. The summed E-state index contributed by atoms with van der Waals surface area (Å²) in [6, 6.07) is 0.126. The van der Waals surface area contributed by atoms with Crippen LogP contribution >= 0.6 is 11.8 Å². The van der Waals surface area contributed by atoms with E-state index < -0.39 is 0 Å². The average molecular weight is 246 g/mol. The van der Waals surface area contributed by atoms with E-state index in [1.165, 1.54) is 12.2 Å². The van der Waals surface area contributed by atoms with Gasteiger partial charge in [0.25, 0.3) is 0 Å². The number of primary amides is 1. The molecular formula is C12H26N2OS. The van der Waals surface area contributed by atoms with Crippen LogP contribution in [0, 0.1) is 5.92 Å². The summed E-state index contributed by atoms with van der Waals surface area (Å²) in [6.45, 7) is 8.52. The molecule has 4 heteroatoms. The van der Waals surface area contributed by atoms with Gasteiger partial charge in [-0.3, -0.25) is 4.79 Å². The largest absolute Gasteiger partial charge is 0.368 e. The van der Waals surface area contributed by atoms with Gasteiger partial charge in [0.05, 0.1) is 6.04 Å². The molecule has 0 aromatic carbocycles. The normalized spacial score (nSPS) is 15.1. The molecule has 96 valence electrons. The summed E-state index contributed by atoms with van der Waals surface area (Å²) in [5.41, 5.74) is 5.34. The standard InChI is InChI=1S/C12H26N2OS/c1-5-10(4)8-16-7-6-11(12(13)15)14-9(2)3/h9-11,14H,5-8H2,1-4H3,(H2,13,15). The van der Waals surface area contributed by atoms with Crippen molar-refractivity contribution < 1.29 is 4.79 Å². The van der Waals surface area contributed by atoms with Crippen molar-refractivity contribution in [1.29, 1.82) is 0 Å². The second-order valence-electron chi connectivity index (χ2n) is 4.65. The van der Waals surface area contributed by atoms with Crippen molar-refractivity contribution in [3.05, 3.63) is 0 Å². The zero-order valence-corrected chi connectivity index (χ0v) is 11.8. The molecule has 2 atom stereocenters. The first kappa shape index (κ1) is 15.8. The lowest BCUT2D eigenvalue weighted by Gasteiger charge is -2.18. The number of nitrogens with two attached hydrogens (primary N) is 1. The van der Waals surface area contributed by atoms with Gasteiger partial charge in [-0.1, -0.05) is 34.1 Å². The van der Waals surface area contributed by atoms with Gasteiger partial charge in [0, 0.05) is 6.04 Å². The molecule has 0 saturated heterocycles. The molecule has 0 bridgehead atoms. The van der Waals surface area contributed by atoms with Gasteiger partial charge in [0.1, 0.15) is 0 Å². The van der Waals surface area contributed by atoms with Crippen molar-refractivity contribution in [2.75, 3.05) is 11.5 Å². The Morgan fingerprint density at radius 1 is 1.38 bits per heavy atom. The van der Waals surface area contributed by atoms with Crippen LogP contribution in [0.5, 0.6) is 0 Å². The molecule has 0 heterocycles. The molecule has 16 heavy (non-hydrogen) atoms. The molecule has 0 spiro atoms. The number of hydrogen-bond donors (Lipinski definition) is 2. The molecule has 0 aliphatic heterocycles. The monoisotopic (exact) mass is 246 g/mol. The zero-order valence-electron chi connectivity index (χ0n) is 11.0. The van der Waals surface area contributed by atoms with Crippen LogP contribution in [0.25, 0.3) is 0 Å². The second kappa shape index (κ2) is 8.88. The smallest absolute Gasteiger partial charge is 0.234 e. The summed E-state index contributed by atoms with van der Waals surface area (Å²) in [5.74, 6) is 2.69. The van der Waals surface area contributed by atoms with Gasteiger partial charge in [-0.25, -0.2) is 0 Å². The van der Waals surface area contributed by atoms with E-state index in [-0.39, 0.29) is 11.9 Å². The highest BCUT2D eigenvalue weighted by atomic mass is 32.2. The average Bonchev–Trinajstić information content (AvgIpc) is 2.21. The lowest BCUT2D eigenvalue weighted by atomic mass is 10.2. The zero-order chi connectivity index (χ0) is 12.6. The van der Waals surface area contributed by atoms with E-state index in [0.717, 1.165) is 18.1 Å². The molecular weight excluding hydrogens is 220 g/mol. The summed E-state index contributed by atoms with van der Waals surface area (Å²) in [6.07, 6.45) is 2.05. The molecule has 0 fully saturated rings. The Balaban J connectivity index is 3.72. The third-order valence-corrected chi connectivity index (χ3v) is 3.86. The highest BCUT2D eigenvalue weighted by Gasteiger charge is 2.15. The van der Waals surface area contributed by atoms with Crippen LogP contribution in [-0.2, 0) is 4.79 Å². The Morgan fingerprint density at radius 3 is 2.44 bits per heavy atom. The summed E-state index contributed by atoms with van der Waals surface area (Å²) in [5, 5.41) is 3.19. The van der Waals surface area contributed by atoms with Gasteiger partial charge < -0.3 is 11.1 Å². The third kappa shape index (κ3) is 7.99.